The molecule has 0 unspecified atom stereocenters. The lowest BCUT2D eigenvalue weighted by atomic mass is 9.88. The minimum atomic E-state index is -0.164. The molecule has 0 bridgehead atoms. The SMILES string of the molecule is CC[C@@H]1C(=O)c2ccc(OCCN(C)C)cc2Oc2ccccc21. The molecule has 0 saturated carbocycles. The summed E-state index contributed by atoms with van der Waals surface area (Å²) >= 11 is 0. The quantitative estimate of drug-likeness (QED) is 0.829. The predicted octanol–water partition coefficient (Wildman–Crippen LogP) is 4.11. The standard InChI is InChI=1S/C20H23NO3/c1-4-15-16-7-5-6-8-18(16)24-19-13-14(23-12-11-21(2)3)9-10-17(19)20(15)22/h5-10,13,15H,4,11-12H2,1-3H3/t15-/m0/s1. The van der Waals surface area contributed by atoms with Crippen LogP contribution in [0.15, 0.2) is 42.5 Å². The van der Waals surface area contributed by atoms with E-state index >= 15 is 0 Å². The van der Waals surface area contributed by atoms with Gasteiger partial charge in [-0.1, -0.05) is 25.1 Å². The van der Waals surface area contributed by atoms with Crippen LogP contribution in [0.3, 0.4) is 0 Å². The molecular weight excluding hydrogens is 302 g/mol. The number of ketones is 1. The average Bonchev–Trinajstić information content (AvgIpc) is 2.68. The highest BCUT2D eigenvalue weighted by molar-refractivity contribution is 6.04. The van der Waals surface area contributed by atoms with E-state index in [1.165, 1.54) is 0 Å². The van der Waals surface area contributed by atoms with Gasteiger partial charge in [-0.3, -0.25) is 4.79 Å². The molecule has 126 valence electrons. The molecule has 4 nitrogen and oxygen atoms in total. The van der Waals surface area contributed by atoms with Crippen LogP contribution in [-0.2, 0) is 0 Å². The van der Waals surface area contributed by atoms with E-state index in [1.54, 1.807) is 0 Å². The van der Waals surface area contributed by atoms with Crippen molar-refractivity contribution in [1.82, 2.24) is 4.90 Å². The van der Waals surface area contributed by atoms with Gasteiger partial charge in [0.05, 0.1) is 11.5 Å². The van der Waals surface area contributed by atoms with Gasteiger partial charge >= 0.3 is 0 Å². The van der Waals surface area contributed by atoms with Crippen LogP contribution in [0.25, 0.3) is 0 Å². The van der Waals surface area contributed by atoms with Crippen LogP contribution in [-0.4, -0.2) is 37.9 Å². The third kappa shape index (κ3) is 3.29. The van der Waals surface area contributed by atoms with Crippen molar-refractivity contribution < 1.29 is 14.3 Å². The van der Waals surface area contributed by atoms with Crippen molar-refractivity contribution in [2.45, 2.75) is 19.3 Å². The van der Waals surface area contributed by atoms with Crippen LogP contribution in [0.2, 0.25) is 0 Å². The highest BCUT2D eigenvalue weighted by Gasteiger charge is 2.29. The Morgan fingerprint density at radius 3 is 2.67 bits per heavy atom. The Kier molecular flexibility index (Phi) is 4.86. The van der Waals surface area contributed by atoms with E-state index in [1.807, 2.05) is 63.5 Å². The van der Waals surface area contributed by atoms with Gasteiger partial charge in [0.1, 0.15) is 23.9 Å². The van der Waals surface area contributed by atoms with Crippen LogP contribution >= 0.6 is 0 Å². The molecule has 4 heteroatoms. The number of para-hydroxylation sites is 1. The average molecular weight is 325 g/mol. The van der Waals surface area contributed by atoms with Gasteiger partial charge in [0.15, 0.2) is 5.78 Å². The highest BCUT2D eigenvalue weighted by Crippen LogP contribution is 2.41. The molecular formula is C20H23NO3. The van der Waals surface area contributed by atoms with Crippen molar-refractivity contribution in [3.8, 4) is 17.2 Å². The summed E-state index contributed by atoms with van der Waals surface area (Å²) in [5, 5.41) is 0. The lowest BCUT2D eigenvalue weighted by molar-refractivity contribution is 0.0958. The Morgan fingerprint density at radius 1 is 1.12 bits per heavy atom. The minimum Gasteiger partial charge on any atom is -0.492 e. The van der Waals surface area contributed by atoms with Crippen molar-refractivity contribution in [3.63, 3.8) is 0 Å². The van der Waals surface area contributed by atoms with Gasteiger partial charge in [-0.05, 0) is 38.7 Å². The summed E-state index contributed by atoms with van der Waals surface area (Å²) in [6.07, 6.45) is 0.750. The van der Waals surface area contributed by atoms with Gasteiger partial charge < -0.3 is 14.4 Å². The number of nitrogens with zero attached hydrogens (tertiary/aromatic N) is 1. The van der Waals surface area contributed by atoms with E-state index in [0.717, 1.165) is 30.0 Å². The van der Waals surface area contributed by atoms with Crippen LogP contribution in [0.4, 0.5) is 0 Å². The lowest BCUT2D eigenvalue weighted by Gasteiger charge is -2.13. The van der Waals surface area contributed by atoms with E-state index in [0.29, 0.717) is 17.9 Å². The number of hydrogen-bond donors (Lipinski definition) is 0. The topological polar surface area (TPSA) is 38.8 Å². The van der Waals surface area contributed by atoms with Crippen molar-refractivity contribution in [2.75, 3.05) is 27.2 Å². The molecule has 0 fully saturated rings. The van der Waals surface area contributed by atoms with Crippen molar-refractivity contribution in [1.29, 1.82) is 0 Å². The molecule has 1 atom stereocenters. The zero-order valence-corrected chi connectivity index (χ0v) is 14.4. The Hall–Kier alpha value is -2.33. The van der Waals surface area contributed by atoms with Gasteiger partial charge in [-0.25, -0.2) is 0 Å². The van der Waals surface area contributed by atoms with E-state index in [-0.39, 0.29) is 11.7 Å². The van der Waals surface area contributed by atoms with Gasteiger partial charge in [0.2, 0.25) is 0 Å². The van der Waals surface area contributed by atoms with E-state index in [4.69, 9.17) is 9.47 Å². The summed E-state index contributed by atoms with van der Waals surface area (Å²) in [4.78, 5) is 15.0. The lowest BCUT2D eigenvalue weighted by Crippen LogP contribution is -2.19. The molecule has 0 aromatic heterocycles. The molecule has 0 aliphatic carbocycles. The normalized spacial score (nSPS) is 16.2. The molecule has 2 aromatic carbocycles. The molecule has 0 amide bonds. The largest absolute Gasteiger partial charge is 0.492 e. The van der Waals surface area contributed by atoms with Crippen LogP contribution < -0.4 is 9.47 Å². The van der Waals surface area contributed by atoms with E-state index in [9.17, 15) is 4.79 Å². The molecule has 24 heavy (non-hydrogen) atoms. The molecule has 1 aliphatic heterocycles. The molecule has 1 heterocycles. The van der Waals surface area contributed by atoms with Gasteiger partial charge in [-0.2, -0.15) is 0 Å². The highest BCUT2D eigenvalue weighted by atomic mass is 16.5. The summed E-state index contributed by atoms with van der Waals surface area (Å²) in [5.41, 5.74) is 1.58. The van der Waals surface area contributed by atoms with Gasteiger partial charge in [0, 0.05) is 18.2 Å². The first-order valence-electron chi connectivity index (χ1n) is 8.32. The predicted molar refractivity (Wildman–Crippen MR) is 94.4 cm³/mol. The maximum absolute atomic E-state index is 12.9. The fourth-order valence-electron chi connectivity index (χ4n) is 2.94. The van der Waals surface area contributed by atoms with Crippen LogP contribution in [0.5, 0.6) is 17.2 Å². The molecule has 3 rings (SSSR count). The van der Waals surface area contributed by atoms with Crippen molar-refractivity contribution in [3.05, 3.63) is 53.6 Å². The van der Waals surface area contributed by atoms with Gasteiger partial charge in [0.25, 0.3) is 0 Å². The molecule has 1 aliphatic rings. The Bertz CT molecular complexity index is 739. The van der Waals surface area contributed by atoms with E-state index < -0.39 is 0 Å². The van der Waals surface area contributed by atoms with Crippen LogP contribution in [0.1, 0.15) is 35.2 Å². The summed E-state index contributed by atoms with van der Waals surface area (Å²) < 4.78 is 11.8. The minimum absolute atomic E-state index is 0.109. The Labute approximate surface area is 143 Å². The number of ether oxygens (including phenoxy) is 2. The maximum Gasteiger partial charge on any atom is 0.174 e. The number of Topliss-reactive ketones (excluding diaryl/α,β-unsaturated/α-hetero) is 1. The Balaban J connectivity index is 1.93. The summed E-state index contributed by atoms with van der Waals surface area (Å²) in [6, 6.07) is 13.2. The zero-order chi connectivity index (χ0) is 17.1. The number of likely N-dealkylation sites (N-methyl/N-ethyl adjacent to an activating group) is 1. The smallest absolute Gasteiger partial charge is 0.174 e. The summed E-state index contributed by atoms with van der Waals surface area (Å²) in [5.74, 6) is 1.99. The summed E-state index contributed by atoms with van der Waals surface area (Å²) in [7, 11) is 4.01. The monoisotopic (exact) mass is 325 g/mol. The first-order chi connectivity index (χ1) is 11.6. The van der Waals surface area contributed by atoms with Crippen LogP contribution in [0, 0.1) is 0 Å². The van der Waals surface area contributed by atoms with Gasteiger partial charge in [-0.15, -0.1) is 0 Å². The number of carbonyl (C=O) groups is 1. The number of rotatable bonds is 5. The first kappa shape index (κ1) is 16.5. The summed E-state index contributed by atoms with van der Waals surface area (Å²) in [6.45, 7) is 3.45. The molecule has 0 radical (unpaired) electrons. The zero-order valence-electron chi connectivity index (χ0n) is 14.4. The number of benzene rings is 2. The van der Waals surface area contributed by atoms with E-state index in [2.05, 4.69) is 4.90 Å². The third-order valence-electron chi connectivity index (χ3n) is 4.26. The number of carbonyl (C=O) groups excluding carboxylic acids is 1. The number of fused-ring (bicyclic) bond motifs is 2. The fourth-order valence-corrected chi connectivity index (χ4v) is 2.94. The third-order valence-corrected chi connectivity index (χ3v) is 4.26. The second-order valence-corrected chi connectivity index (χ2v) is 6.27. The van der Waals surface area contributed by atoms with Crippen molar-refractivity contribution >= 4 is 5.78 Å². The number of hydrogen-bond acceptors (Lipinski definition) is 4. The molecule has 2 aromatic rings. The Morgan fingerprint density at radius 2 is 1.92 bits per heavy atom. The second kappa shape index (κ2) is 7.05. The molecule has 0 N–H and O–H groups in total. The maximum atomic E-state index is 12.9. The first-order valence-corrected chi connectivity index (χ1v) is 8.32. The molecule has 0 spiro atoms. The van der Waals surface area contributed by atoms with Crippen molar-refractivity contribution in [2.24, 2.45) is 0 Å². The molecule has 0 saturated heterocycles. The second-order valence-electron chi connectivity index (χ2n) is 6.27. The fraction of sp³-hybridized carbons (Fsp3) is 0.350.